The Kier molecular flexibility index (Phi) is 3.90. The van der Waals surface area contributed by atoms with Crippen LogP contribution in [-0.2, 0) is 4.79 Å². The molecule has 20 heavy (non-hydrogen) atoms. The van der Waals surface area contributed by atoms with Gasteiger partial charge in [-0.2, -0.15) is 0 Å². The lowest BCUT2D eigenvalue weighted by molar-refractivity contribution is -0.119. The molecule has 0 aliphatic carbocycles. The van der Waals surface area contributed by atoms with Gasteiger partial charge in [0, 0.05) is 5.69 Å². The maximum absolute atomic E-state index is 12.0. The van der Waals surface area contributed by atoms with Gasteiger partial charge in [-0.05, 0) is 23.1 Å². The Morgan fingerprint density at radius 1 is 1.30 bits per heavy atom. The van der Waals surface area contributed by atoms with Crippen LogP contribution >= 0.6 is 0 Å². The summed E-state index contributed by atoms with van der Waals surface area (Å²) in [4.78, 5) is 19.0. The second-order valence-corrected chi connectivity index (χ2v) is 5.88. The van der Waals surface area contributed by atoms with Crippen molar-refractivity contribution in [2.75, 3.05) is 5.32 Å². The summed E-state index contributed by atoms with van der Waals surface area (Å²) in [5.41, 5.74) is 8.35. The number of anilines is 1. The Morgan fingerprint density at radius 3 is 2.45 bits per heavy atom. The van der Waals surface area contributed by atoms with Gasteiger partial charge in [-0.3, -0.25) is 4.79 Å². The zero-order valence-corrected chi connectivity index (χ0v) is 12.0. The number of nitrogens with zero attached hydrogens (tertiary/aromatic N) is 1. The minimum Gasteiger partial charge on any atom is -0.345 e. The van der Waals surface area contributed by atoms with E-state index in [9.17, 15) is 4.79 Å². The first-order valence-corrected chi connectivity index (χ1v) is 6.53. The molecule has 2 aromatic rings. The molecule has 0 fully saturated rings. The van der Waals surface area contributed by atoms with Gasteiger partial charge in [-0.15, -0.1) is 0 Å². The summed E-state index contributed by atoms with van der Waals surface area (Å²) in [6, 6.07) is 7.00. The van der Waals surface area contributed by atoms with E-state index in [1.54, 1.807) is 12.5 Å². The van der Waals surface area contributed by atoms with Crippen molar-refractivity contribution >= 4 is 11.6 Å². The van der Waals surface area contributed by atoms with E-state index in [0.29, 0.717) is 0 Å². The van der Waals surface area contributed by atoms with Crippen LogP contribution in [-0.4, -0.2) is 21.9 Å². The molecule has 5 heteroatoms. The molecule has 5 nitrogen and oxygen atoms in total. The van der Waals surface area contributed by atoms with E-state index in [1.165, 1.54) is 0 Å². The van der Waals surface area contributed by atoms with Crippen molar-refractivity contribution in [3.05, 3.63) is 36.8 Å². The molecule has 0 saturated heterocycles. The predicted molar refractivity (Wildman–Crippen MR) is 80.1 cm³/mol. The molecule has 0 radical (unpaired) electrons. The van der Waals surface area contributed by atoms with Crippen LogP contribution in [0.15, 0.2) is 36.8 Å². The van der Waals surface area contributed by atoms with E-state index in [-0.39, 0.29) is 11.3 Å². The summed E-state index contributed by atoms with van der Waals surface area (Å²) in [6.45, 7) is 5.83. The summed E-state index contributed by atoms with van der Waals surface area (Å²) in [5.74, 6) is -0.174. The van der Waals surface area contributed by atoms with Crippen LogP contribution in [0.1, 0.15) is 20.8 Å². The first-order chi connectivity index (χ1) is 9.38. The quantitative estimate of drug-likeness (QED) is 0.802. The van der Waals surface area contributed by atoms with Crippen LogP contribution in [0.4, 0.5) is 5.69 Å². The van der Waals surface area contributed by atoms with Crippen molar-refractivity contribution in [1.29, 1.82) is 0 Å². The molecular weight excluding hydrogens is 252 g/mol. The fourth-order valence-corrected chi connectivity index (χ4v) is 1.76. The second kappa shape index (κ2) is 5.46. The average molecular weight is 272 g/mol. The number of aromatic nitrogens is 2. The maximum Gasteiger partial charge on any atom is 0.241 e. The fraction of sp³-hybridized carbons (Fsp3) is 0.333. The van der Waals surface area contributed by atoms with E-state index in [0.717, 1.165) is 16.9 Å². The maximum atomic E-state index is 12.0. The number of carbonyl (C=O) groups is 1. The normalized spacial score (nSPS) is 13.0. The molecular formula is C15H20N4O. The first-order valence-electron chi connectivity index (χ1n) is 6.53. The highest BCUT2D eigenvalue weighted by atomic mass is 16.2. The molecule has 0 spiro atoms. The summed E-state index contributed by atoms with van der Waals surface area (Å²) in [7, 11) is 0. The lowest BCUT2D eigenvalue weighted by Crippen LogP contribution is -2.45. The number of benzene rings is 1. The summed E-state index contributed by atoms with van der Waals surface area (Å²) >= 11 is 0. The Hall–Kier alpha value is -2.14. The van der Waals surface area contributed by atoms with Crippen molar-refractivity contribution in [3.63, 3.8) is 0 Å². The van der Waals surface area contributed by atoms with Crippen molar-refractivity contribution in [2.45, 2.75) is 26.8 Å². The van der Waals surface area contributed by atoms with Crippen molar-refractivity contribution in [1.82, 2.24) is 9.97 Å². The molecule has 0 aliphatic rings. The second-order valence-electron chi connectivity index (χ2n) is 5.88. The molecule has 0 bridgehead atoms. The highest BCUT2D eigenvalue weighted by Gasteiger charge is 2.27. The van der Waals surface area contributed by atoms with E-state index in [4.69, 9.17) is 5.73 Å². The third-order valence-corrected chi connectivity index (χ3v) is 3.18. The van der Waals surface area contributed by atoms with Gasteiger partial charge in [0.2, 0.25) is 5.91 Å². The largest absolute Gasteiger partial charge is 0.345 e. The predicted octanol–water partition coefficient (Wildman–Crippen LogP) is 2.39. The SMILES string of the molecule is CC(C)(C)[C@H](N)C(=O)Nc1ccc(-c2cnc[nH]2)cc1. The van der Waals surface area contributed by atoms with Crippen LogP contribution in [0.5, 0.6) is 0 Å². The lowest BCUT2D eigenvalue weighted by atomic mass is 9.87. The average Bonchev–Trinajstić information content (AvgIpc) is 2.91. The van der Waals surface area contributed by atoms with E-state index >= 15 is 0 Å². The molecule has 0 aliphatic heterocycles. The highest BCUT2D eigenvalue weighted by molar-refractivity contribution is 5.95. The van der Waals surface area contributed by atoms with E-state index < -0.39 is 6.04 Å². The molecule has 2 rings (SSSR count). The van der Waals surface area contributed by atoms with Gasteiger partial charge in [-0.25, -0.2) is 4.98 Å². The fourth-order valence-electron chi connectivity index (χ4n) is 1.76. The first kappa shape index (κ1) is 14.3. The Labute approximate surface area is 118 Å². The van der Waals surface area contributed by atoms with Gasteiger partial charge >= 0.3 is 0 Å². The molecule has 0 saturated carbocycles. The van der Waals surface area contributed by atoms with E-state index in [1.807, 2.05) is 45.0 Å². The number of hydrogen-bond acceptors (Lipinski definition) is 3. The van der Waals surface area contributed by atoms with Crippen LogP contribution in [0, 0.1) is 5.41 Å². The number of aromatic amines is 1. The van der Waals surface area contributed by atoms with Crippen LogP contribution in [0.25, 0.3) is 11.3 Å². The monoisotopic (exact) mass is 272 g/mol. The number of carbonyl (C=O) groups excluding carboxylic acids is 1. The summed E-state index contributed by atoms with van der Waals surface area (Å²) in [6.07, 6.45) is 3.39. The summed E-state index contributed by atoms with van der Waals surface area (Å²) < 4.78 is 0. The van der Waals surface area contributed by atoms with Gasteiger partial charge in [0.25, 0.3) is 0 Å². The molecule has 1 aromatic heterocycles. The zero-order valence-electron chi connectivity index (χ0n) is 12.0. The third-order valence-electron chi connectivity index (χ3n) is 3.18. The highest BCUT2D eigenvalue weighted by Crippen LogP contribution is 2.21. The van der Waals surface area contributed by atoms with Gasteiger partial charge in [-0.1, -0.05) is 32.9 Å². The number of imidazole rings is 1. The smallest absolute Gasteiger partial charge is 0.241 e. The standard InChI is InChI=1S/C15H20N4O/c1-15(2,3)13(16)14(20)19-11-6-4-10(5-7-11)12-8-17-9-18-12/h4-9,13H,16H2,1-3H3,(H,17,18)(H,19,20)/t13-/m1/s1. The van der Waals surface area contributed by atoms with Crippen LogP contribution in [0.3, 0.4) is 0 Å². The zero-order chi connectivity index (χ0) is 14.8. The van der Waals surface area contributed by atoms with Gasteiger partial charge < -0.3 is 16.0 Å². The third kappa shape index (κ3) is 3.24. The van der Waals surface area contributed by atoms with Gasteiger partial charge in [0.05, 0.1) is 24.3 Å². The molecule has 4 N–H and O–H groups in total. The van der Waals surface area contributed by atoms with Crippen molar-refractivity contribution < 1.29 is 4.79 Å². The number of rotatable bonds is 3. The van der Waals surface area contributed by atoms with Crippen molar-refractivity contribution in [2.24, 2.45) is 11.1 Å². The summed E-state index contributed by atoms with van der Waals surface area (Å²) in [5, 5.41) is 2.83. The number of H-pyrrole nitrogens is 1. The topological polar surface area (TPSA) is 83.8 Å². The minimum atomic E-state index is -0.546. The number of hydrogen-bond donors (Lipinski definition) is 3. The molecule has 0 unspecified atom stereocenters. The molecule has 1 heterocycles. The lowest BCUT2D eigenvalue weighted by Gasteiger charge is -2.25. The molecule has 1 amide bonds. The number of nitrogens with two attached hydrogens (primary N) is 1. The number of nitrogens with one attached hydrogen (secondary N) is 2. The molecule has 1 atom stereocenters. The Balaban J connectivity index is 2.06. The van der Waals surface area contributed by atoms with E-state index in [2.05, 4.69) is 15.3 Å². The van der Waals surface area contributed by atoms with Crippen LogP contribution in [0.2, 0.25) is 0 Å². The van der Waals surface area contributed by atoms with Crippen molar-refractivity contribution in [3.8, 4) is 11.3 Å². The Morgan fingerprint density at radius 2 is 1.95 bits per heavy atom. The van der Waals surface area contributed by atoms with Gasteiger partial charge in [0.15, 0.2) is 0 Å². The minimum absolute atomic E-state index is 0.174. The number of amides is 1. The van der Waals surface area contributed by atoms with Crippen LogP contribution < -0.4 is 11.1 Å². The molecule has 1 aromatic carbocycles. The Bertz CT molecular complexity index is 567. The molecule has 106 valence electrons. The van der Waals surface area contributed by atoms with Gasteiger partial charge in [0.1, 0.15) is 0 Å².